The lowest BCUT2D eigenvalue weighted by Gasteiger charge is -2.18. The van der Waals surface area contributed by atoms with Crippen LogP contribution in [0.15, 0.2) is 48.5 Å². The quantitative estimate of drug-likeness (QED) is 0.394. The highest BCUT2D eigenvalue weighted by Crippen LogP contribution is 2.18. The first-order chi connectivity index (χ1) is 13.5. The Morgan fingerprint density at radius 3 is 2.36 bits per heavy atom. The number of amides is 1. The molecule has 0 fully saturated rings. The molecule has 0 unspecified atom stereocenters. The number of carbonyl (C=O) groups excluding carboxylic acids is 3. The third kappa shape index (κ3) is 5.85. The Labute approximate surface area is 168 Å². The molecule has 0 spiro atoms. The fourth-order valence-electron chi connectivity index (χ4n) is 2.50. The number of rotatable bonds is 9. The van der Waals surface area contributed by atoms with Gasteiger partial charge in [0.25, 0.3) is 5.91 Å². The molecule has 0 aliphatic carbocycles. The van der Waals surface area contributed by atoms with Gasteiger partial charge in [-0.1, -0.05) is 12.1 Å². The summed E-state index contributed by atoms with van der Waals surface area (Å²) in [6.45, 7) is 1.47. The molecule has 0 heterocycles. The molecule has 2 rings (SSSR count). The number of hydrogen-bond acceptors (Lipinski definition) is 6. The average Bonchev–Trinajstić information content (AvgIpc) is 2.71. The van der Waals surface area contributed by atoms with Crippen LogP contribution in [-0.2, 0) is 4.79 Å². The first-order valence-corrected chi connectivity index (χ1v) is 10.1. The van der Waals surface area contributed by atoms with E-state index >= 15 is 0 Å². The first-order valence-electron chi connectivity index (χ1n) is 8.71. The van der Waals surface area contributed by atoms with Gasteiger partial charge in [-0.05, 0) is 61.8 Å². The minimum atomic E-state index is -0.808. The fourth-order valence-corrected chi connectivity index (χ4v) is 2.97. The van der Waals surface area contributed by atoms with Crippen LogP contribution in [0, 0.1) is 0 Å². The summed E-state index contributed by atoms with van der Waals surface area (Å²) < 4.78 is 10.6. The summed E-state index contributed by atoms with van der Waals surface area (Å²) >= 11 is 1.57. The number of esters is 1. The Balaban J connectivity index is 2.12. The molecular formula is C21H23NO5S. The Bertz CT molecular complexity index is 835. The lowest BCUT2D eigenvalue weighted by atomic mass is 10.1. The predicted molar refractivity (Wildman–Crippen MR) is 109 cm³/mol. The average molecular weight is 401 g/mol. The number of methoxy groups -OCH3 is 1. The van der Waals surface area contributed by atoms with Crippen molar-refractivity contribution in [1.29, 1.82) is 0 Å². The van der Waals surface area contributed by atoms with E-state index in [9.17, 15) is 14.4 Å². The minimum absolute atomic E-state index is 0.0696. The van der Waals surface area contributed by atoms with Crippen LogP contribution in [0.3, 0.4) is 0 Å². The molecule has 0 aliphatic rings. The van der Waals surface area contributed by atoms with Crippen molar-refractivity contribution in [2.75, 3.05) is 19.1 Å². The summed E-state index contributed by atoms with van der Waals surface area (Å²) in [6, 6.07) is 12.3. The van der Waals surface area contributed by atoms with Crippen molar-refractivity contribution in [2.45, 2.75) is 19.4 Å². The zero-order valence-corrected chi connectivity index (χ0v) is 16.9. The Morgan fingerprint density at radius 2 is 1.75 bits per heavy atom. The first kappa shape index (κ1) is 21.5. The van der Waals surface area contributed by atoms with E-state index in [4.69, 9.17) is 9.47 Å². The van der Waals surface area contributed by atoms with Gasteiger partial charge in [-0.15, -0.1) is 0 Å². The largest absolute Gasteiger partial charge is 0.496 e. The van der Waals surface area contributed by atoms with Crippen molar-refractivity contribution in [3.8, 4) is 11.5 Å². The lowest BCUT2D eigenvalue weighted by Crippen LogP contribution is -2.43. The standard InChI is InChI=1S/C21H23NO5S/c1-14(23)15-8-10-16(11-9-15)27-21(25)18(12-13-28-3)22-20(24)17-6-4-5-7-19(17)26-2/h4-11,18H,12-13H2,1-3H3,(H,22,24)/t18-/m1/s1. The van der Waals surface area contributed by atoms with Gasteiger partial charge in [0.05, 0.1) is 12.7 Å². The number of Topliss-reactive ketones (excluding diaryl/α,β-unsaturated/α-hetero) is 1. The molecule has 2 aromatic carbocycles. The molecule has 1 atom stereocenters. The molecule has 6 nitrogen and oxygen atoms in total. The van der Waals surface area contributed by atoms with Crippen LogP contribution in [0.1, 0.15) is 34.1 Å². The van der Waals surface area contributed by atoms with E-state index in [-0.39, 0.29) is 5.78 Å². The van der Waals surface area contributed by atoms with E-state index in [1.807, 2.05) is 6.26 Å². The molecular weight excluding hydrogens is 378 g/mol. The Morgan fingerprint density at radius 1 is 1.07 bits per heavy atom. The topological polar surface area (TPSA) is 81.7 Å². The van der Waals surface area contributed by atoms with E-state index in [1.165, 1.54) is 14.0 Å². The molecule has 0 bridgehead atoms. The van der Waals surface area contributed by atoms with Gasteiger partial charge >= 0.3 is 5.97 Å². The van der Waals surface area contributed by atoms with Crippen LogP contribution in [0.2, 0.25) is 0 Å². The lowest BCUT2D eigenvalue weighted by molar-refractivity contribution is -0.136. The SMILES string of the molecule is COc1ccccc1C(=O)N[C@H](CCSC)C(=O)Oc1ccc(C(C)=O)cc1. The van der Waals surface area contributed by atoms with Gasteiger partial charge in [-0.2, -0.15) is 11.8 Å². The summed E-state index contributed by atoms with van der Waals surface area (Å²) in [4.78, 5) is 36.6. The molecule has 1 N–H and O–H groups in total. The summed E-state index contributed by atoms with van der Waals surface area (Å²) in [7, 11) is 1.48. The Hall–Kier alpha value is -2.80. The van der Waals surface area contributed by atoms with Crippen molar-refractivity contribution in [1.82, 2.24) is 5.32 Å². The van der Waals surface area contributed by atoms with E-state index in [0.717, 1.165) is 0 Å². The minimum Gasteiger partial charge on any atom is -0.496 e. The molecule has 0 aliphatic heterocycles. The fraction of sp³-hybridized carbons (Fsp3) is 0.286. The van der Waals surface area contributed by atoms with Crippen LogP contribution >= 0.6 is 11.8 Å². The molecule has 2 aromatic rings. The van der Waals surface area contributed by atoms with Crippen molar-refractivity contribution in [3.63, 3.8) is 0 Å². The summed E-state index contributed by atoms with van der Waals surface area (Å²) in [5.74, 6) is 0.377. The highest BCUT2D eigenvalue weighted by Gasteiger charge is 2.24. The molecule has 148 valence electrons. The number of carbonyl (C=O) groups is 3. The van der Waals surface area contributed by atoms with Crippen molar-refractivity contribution >= 4 is 29.4 Å². The monoisotopic (exact) mass is 401 g/mol. The second-order valence-corrected chi connectivity index (χ2v) is 7.00. The van der Waals surface area contributed by atoms with Crippen LogP contribution in [0.5, 0.6) is 11.5 Å². The maximum Gasteiger partial charge on any atom is 0.334 e. The van der Waals surface area contributed by atoms with E-state index in [0.29, 0.717) is 34.8 Å². The smallest absolute Gasteiger partial charge is 0.334 e. The van der Waals surface area contributed by atoms with Crippen molar-refractivity contribution in [2.24, 2.45) is 0 Å². The van der Waals surface area contributed by atoms with E-state index in [1.54, 1.807) is 60.3 Å². The van der Waals surface area contributed by atoms with E-state index < -0.39 is 17.9 Å². The molecule has 28 heavy (non-hydrogen) atoms. The summed E-state index contributed by atoms with van der Waals surface area (Å²) in [6.07, 6.45) is 2.34. The maximum atomic E-state index is 12.6. The number of thioether (sulfide) groups is 1. The van der Waals surface area contributed by atoms with Crippen molar-refractivity contribution in [3.05, 3.63) is 59.7 Å². The van der Waals surface area contributed by atoms with Gasteiger partial charge in [0.2, 0.25) is 0 Å². The second-order valence-electron chi connectivity index (χ2n) is 6.01. The predicted octanol–water partition coefficient (Wildman–Crippen LogP) is 3.35. The number of ether oxygens (including phenoxy) is 2. The molecule has 1 amide bonds. The molecule has 0 aromatic heterocycles. The zero-order chi connectivity index (χ0) is 20.5. The third-order valence-electron chi connectivity index (χ3n) is 4.03. The van der Waals surface area contributed by atoms with E-state index in [2.05, 4.69) is 5.32 Å². The maximum absolute atomic E-state index is 12.6. The van der Waals surface area contributed by atoms with Crippen LogP contribution in [0.25, 0.3) is 0 Å². The van der Waals surface area contributed by atoms with Crippen LogP contribution in [0.4, 0.5) is 0 Å². The van der Waals surface area contributed by atoms with Gasteiger partial charge in [0, 0.05) is 5.56 Å². The van der Waals surface area contributed by atoms with Gasteiger partial charge in [-0.3, -0.25) is 9.59 Å². The highest BCUT2D eigenvalue weighted by atomic mass is 32.2. The number of para-hydroxylation sites is 1. The van der Waals surface area contributed by atoms with Crippen molar-refractivity contribution < 1.29 is 23.9 Å². The molecule has 0 radical (unpaired) electrons. The van der Waals surface area contributed by atoms with Gasteiger partial charge in [0.15, 0.2) is 5.78 Å². The molecule has 0 saturated carbocycles. The normalized spacial score (nSPS) is 11.4. The number of ketones is 1. The third-order valence-corrected chi connectivity index (χ3v) is 4.68. The molecule has 7 heteroatoms. The Kier molecular flexibility index (Phi) is 8.07. The second kappa shape index (κ2) is 10.5. The number of benzene rings is 2. The zero-order valence-electron chi connectivity index (χ0n) is 16.1. The van der Waals surface area contributed by atoms with Gasteiger partial charge in [-0.25, -0.2) is 4.79 Å². The number of nitrogens with one attached hydrogen (secondary N) is 1. The molecule has 0 saturated heterocycles. The highest BCUT2D eigenvalue weighted by molar-refractivity contribution is 7.98. The summed E-state index contributed by atoms with van der Waals surface area (Å²) in [5.41, 5.74) is 0.876. The van der Waals surface area contributed by atoms with Gasteiger partial charge < -0.3 is 14.8 Å². The van der Waals surface area contributed by atoms with Crippen LogP contribution < -0.4 is 14.8 Å². The summed E-state index contributed by atoms with van der Waals surface area (Å²) in [5, 5.41) is 2.73. The number of hydrogen-bond donors (Lipinski definition) is 1. The van der Waals surface area contributed by atoms with Gasteiger partial charge in [0.1, 0.15) is 17.5 Å². The van der Waals surface area contributed by atoms with Crippen LogP contribution in [-0.4, -0.2) is 42.8 Å².